The molecule has 0 saturated heterocycles. The summed E-state index contributed by atoms with van der Waals surface area (Å²) in [5.41, 5.74) is 8.34. The molecular weight excluding hydrogens is 447 g/mol. The molecular formula is C22H18F3N9. The molecule has 12 heteroatoms. The first-order chi connectivity index (χ1) is 16.3. The molecule has 4 aromatic rings. The number of anilines is 2. The summed E-state index contributed by atoms with van der Waals surface area (Å²) in [5, 5.41) is 6.34. The average molecular weight is 465 g/mol. The van der Waals surface area contributed by atoms with Crippen LogP contribution in [-0.2, 0) is 6.42 Å². The Morgan fingerprint density at radius 1 is 1.15 bits per heavy atom. The van der Waals surface area contributed by atoms with Crippen molar-refractivity contribution >= 4 is 22.8 Å². The average Bonchev–Trinajstić information content (AvgIpc) is 3.47. The van der Waals surface area contributed by atoms with E-state index in [4.69, 9.17) is 5.73 Å². The molecule has 0 atom stereocenters. The largest absolute Gasteiger partial charge is 0.405 e. The number of nitrogens with zero attached hydrogens (tertiary/aromatic N) is 7. The van der Waals surface area contributed by atoms with Gasteiger partial charge < -0.3 is 11.1 Å². The lowest BCUT2D eigenvalue weighted by Gasteiger charge is -2.13. The lowest BCUT2D eigenvalue weighted by Crippen LogP contribution is -2.22. The van der Waals surface area contributed by atoms with Crippen molar-refractivity contribution in [1.82, 2.24) is 34.7 Å². The van der Waals surface area contributed by atoms with Gasteiger partial charge in [0.05, 0.1) is 0 Å². The fraction of sp³-hybridized carbons (Fsp3) is 0.273. The molecule has 1 aliphatic rings. The zero-order valence-electron chi connectivity index (χ0n) is 17.7. The molecule has 1 saturated carbocycles. The van der Waals surface area contributed by atoms with Crippen LogP contribution in [0.3, 0.4) is 0 Å². The molecule has 172 valence electrons. The van der Waals surface area contributed by atoms with Crippen LogP contribution >= 0.6 is 0 Å². The number of rotatable bonds is 5. The topological polar surface area (TPSA) is 120 Å². The van der Waals surface area contributed by atoms with E-state index >= 15 is 0 Å². The van der Waals surface area contributed by atoms with Crippen LogP contribution in [0.4, 0.5) is 24.9 Å². The number of nitrogens with one attached hydrogen (secondary N) is 1. The Hall–Kier alpha value is -4.27. The van der Waals surface area contributed by atoms with E-state index in [1.807, 2.05) is 6.07 Å². The summed E-state index contributed by atoms with van der Waals surface area (Å²) in [4.78, 5) is 21.0. The molecule has 4 aromatic heterocycles. The normalized spacial score (nSPS) is 13.5. The molecule has 3 N–H and O–H groups in total. The van der Waals surface area contributed by atoms with Crippen molar-refractivity contribution in [2.45, 2.75) is 25.4 Å². The SMILES string of the molecule is Nc1nc(NCC(F)(F)F)c2nc(C#CC3CC3)cc(Cc3ccc(-n4cncn4)nc3)c2n1. The number of hydrogen-bond acceptors (Lipinski definition) is 8. The second-order valence-corrected chi connectivity index (χ2v) is 7.85. The highest BCUT2D eigenvalue weighted by Crippen LogP contribution is 2.29. The molecule has 0 amide bonds. The van der Waals surface area contributed by atoms with Crippen LogP contribution in [0.1, 0.15) is 29.7 Å². The zero-order valence-corrected chi connectivity index (χ0v) is 17.7. The third kappa shape index (κ3) is 5.03. The van der Waals surface area contributed by atoms with Crippen LogP contribution in [0.5, 0.6) is 0 Å². The first-order valence-corrected chi connectivity index (χ1v) is 10.4. The minimum absolute atomic E-state index is 0.0872. The van der Waals surface area contributed by atoms with Crippen LogP contribution in [-0.4, -0.2) is 47.4 Å². The van der Waals surface area contributed by atoms with Gasteiger partial charge in [-0.15, -0.1) is 0 Å². The minimum atomic E-state index is -4.43. The number of nitrogens with two attached hydrogens (primary N) is 1. The molecule has 5 rings (SSSR count). The Morgan fingerprint density at radius 3 is 2.68 bits per heavy atom. The Balaban J connectivity index is 1.55. The van der Waals surface area contributed by atoms with Crippen molar-refractivity contribution < 1.29 is 13.2 Å². The lowest BCUT2D eigenvalue weighted by atomic mass is 10.0. The molecule has 0 bridgehead atoms. The highest BCUT2D eigenvalue weighted by Gasteiger charge is 2.28. The van der Waals surface area contributed by atoms with E-state index in [0.29, 0.717) is 34.9 Å². The zero-order chi connectivity index (χ0) is 23.7. The fourth-order valence-electron chi connectivity index (χ4n) is 3.30. The quantitative estimate of drug-likeness (QED) is 0.432. The standard InChI is InChI=1S/C22H18F3N9/c23-22(24,25)10-29-20-19-18(32-21(26)33-20)15(8-16(31-19)5-3-13-1-2-13)7-14-4-6-17(28-9-14)34-12-27-11-30-34/h4,6,8-9,11-13H,1-2,7,10H2,(H3,26,29,32,33). The predicted octanol–water partition coefficient (Wildman–Crippen LogP) is 2.91. The van der Waals surface area contributed by atoms with E-state index in [2.05, 4.69) is 47.2 Å². The Kier molecular flexibility index (Phi) is 5.45. The lowest BCUT2D eigenvalue weighted by molar-refractivity contribution is -0.115. The van der Waals surface area contributed by atoms with Gasteiger partial charge in [0.1, 0.15) is 35.9 Å². The maximum absolute atomic E-state index is 12.8. The van der Waals surface area contributed by atoms with Crippen molar-refractivity contribution in [1.29, 1.82) is 0 Å². The van der Waals surface area contributed by atoms with E-state index in [1.54, 1.807) is 24.7 Å². The van der Waals surface area contributed by atoms with E-state index in [-0.39, 0.29) is 17.3 Å². The third-order valence-electron chi connectivity index (χ3n) is 5.04. The predicted molar refractivity (Wildman–Crippen MR) is 118 cm³/mol. The number of fused-ring (bicyclic) bond motifs is 1. The number of nitrogen functional groups attached to an aromatic ring is 1. The van der Waals surface area contributed by atoms with Crippen molar-refractivity contribution in [3.63, 3.8) is 0 Å². The smallest absolute Gasteiger partial charge is 0.368 e. The summed E-state index contributed by atoms with van der Waals surface area (Å²) in [6, 6.07) is 5.45. The van der Waals surface area contributed by atoms with Crippen LogP contribution in [0.25, 0.3) is 16.9 Å². The van der Waals surface area contributed by atoms with E-state index in [9.17, 15) is 13.2 Å². The summed E-state index contributed by atoms with van der Waals surface area (Å²) in [5.74, 6) is 6.86. The van der Waals surface area contributed by atoms with E-state index in [1.165, 1.54) is 11.0 Å². The molecule has 34 heavy (non-hydrogen) atoms. The van der Waals surface area contributed by atoms with Gasteiger partial charge in [0.15, 0.2) is 11.6 Å². The molecule has 0 radical (unpaired) electrons. The van der Waals surface area contributed by atoms with Crippen LogP contribution in [0.2, 0.25) is 0 Å². The van der Waals surface area contributed by atoms with Gasteiger partial charge in [0.2, 0.25) is 5.95 Å². The summed E-state index contributed by atoms with van der Waals surface area (Å²) in [6.45, 7) is -1.28. The number of alkyl halides is 3. The first kappa shape index (κ1) is 21.6. The van der Waals surface area contributed by atoms with E-state index < -0.39 is 12.7 Å². The van der Waals surface area contributed by atoms with Gasteiger partial charge in [0, 0.05) is 18.5 Å². The maximum atomic E-state index is 12.8. The van der Waals surface area contributed by atoms with Crippen molar-refractivity contribution in [2.24, 2.45) is 5.92 Å². The Labute approximate surface area is 191 Å². The number of aromatic nitrogens is 7. The minimum Gasteiger partial charge on any atom is -0.368 e. The van der Waals surface area contributed by atoms with Crippen molar-refractivity contribution in [2.75, 3.05) is 17.6 Å². The van der Waals surface area contributed by atoms with Gasteiger partial charge in [-0.2, -0.15) is 23.3 Å². The monoisotopic (exact) mass is 465 g/mol. The number of pyridine rings is 2. The third-order valence-corrected chi connectivity index (χ3v) is 5.04. The van der Waals surface area contributed by atoms with Gasteiger partial charge in [-0.25, -0.2) is 24.6 Å². The van der Waals surface area contributed by atoms with Crippen LogP contribution in [0.15, 0.2) is 37.1 Å². The van der Waals surface area contributed by atoms with Gasteiger partial charge in [-0.05, 0) is 42.0 Å². The molecule has 1 fully saturated rings. The van der Waals surface area contributed by atoms with E-state index in [0.717, 1.165) is 18.4 Å². The number of hydrogen-bond donors (Lipinski definition) is 2. The Morgan fingerprint density at radius 2 is 2.00 bits per heavy atom. The molecule has 0 spiro atoms. The summed E-state index contributed by atoms with van der Waals surface area (Å²) < 4.78 is 40.1. The van der Waals surface area contributed by atoms with Gasteiger partial charge >= 0.3 is 6.18 Å². The molecule has 0 aliphatic heterocycles. The summed E-state index contributed by atoms with van der Waals surface area (Å²) in [7, 11) is 0. The highest BCUT2D eigenvalue weighted by atomic mass is 19.4. The second-order valence-electron chi connectivity index (χ2n) is 7.85. The van der Waals surface area contributed by atoms with Crippen molar-refractivity contribution in [3.05, 3.63) is 53.9 Å². The summed E-state index contributed by atoms with van der Waals surface area (Å²) in [6.07, 6.45) is 2.67. The van der Waals surface area contributed by atoms with Crippen LogP contribution in [0, 0.1) is 17.8 Å². The molecule has 1 aliphatic carbocycles. The summed E-state index contributed by atoms with van der Waals surface area (Å²) >= 11 is 0. The second kappa shape index (κ2) is 8.58. The van der Waals surface area contributed by atoms with Gasteiger partial charge in [0.25, 0.3) is 0 Å². The molecule has 4 heterocycles. The van der Waals surface area contributed by atoms with Gasteiger partial charge in [-0.3, -0.25) is 0 Å². The molecule has 9 nitrogen and oxygen atoms in total. The number of halogens is 3. The molecule has 0 aromatic carbocycles. The fourth-order valence-corrected chi connectivity index (χ4v) is 3.30. The Bertz CT molecular complexity index is 1380. The maximum Gasteiger partial charge on any atom is 0.405 e. The van der Waals surface area contributed by atoms with Gasteiger partial charge in [-0.1, -0.05) is 12.0 Å². The first-order valence-electron chi connectivity index (χ1n) is 10.4. The van der Waals surface area contributed by atoms with Crippen molar-refractivity contribution in [3.8, 4) is 17.7 Å². The van der Waals surface area contributed by atoms with Crippen LogP contribution < -0.4 is 11.1 Å². The molecule has 0 unspecified atom stereocenters. The highest BCUT2D eigenvalue weighted by molar-refractivity contribution is 5.89.